The third-order valence-corrected chi connectivity index (χ3v) is 2.78. The summed E-state index contributed by atoms with van der Waals surface area (Å²) in [5, 5.41) is 15.7. The van der Waals surface area contributed by atoms with Gasteiger partial charge in [0.15, 0.2) is 5.69 Å². The van der Waals surface area contributed by atoms with E-state index in [0.29, 0.717) is 17.9 Å². The average molecular weight is 297 g/mol. The molecule has 21 heavy (non-hydrogen) atoms. The summed E-state index contributed by atoms with van der Waals surface area (Å²) in [4.78, 5) is 10.9. The highest BCUT2D eigenvalue weighted by molar-refractivity contribution is 5.86. The van der Waals surface area contributed by atoms with Gasteiger partial charge in [0.1, 0.15) is 11.4 Å². The van der Waals surface area contributed by atoms with Crippen molar-refractivity contribution < 1.29 is 23.4 Å². The molecule has 0 aliphatic rings. The van der Waals surface area contributed by atoms with E-state index in [2.05, 4.69) is 10.3 Å². The van der Waals surface area contributed by atoms with Crippen molar-refractivity contribution in [3.8, 4) is 5.75 Å². The van der Waals surface area contributed by atoms with Gasteiger partial charge >= 0.3 is 5.97 Å². The molecule has 6 nitrogen and oxygen atoms in total. The molecule has 0 spiro atoms. The second-order valence-electron chi connectivity index (χ2n) is 4.13. The summed E-state index contributed by atoms with van der Waals surface area (Å²) >= 11 is 0. The van der Waals surface area contributed by atoms with Crippen molar-refractivity contribution in [1.82, 2.24) is 15.0 Å². The van der Waals surface area contributed by atoms with Crippen LogP contribution in [0.15, 0.2) is 24.3 Å². The van der Waals surface area contributed by atoms with Crippen molar-refractivity contribution in [2.45, 2.75) is 19.9 Å². The number of rotatable bonds is 6. The Morgan fingerprint density at radius 1 is 1.43 bits per heavy atom. The zero-order valence-electron chi connectivity index (χ0n) is 11.2. The van der Waals surface area contributed by atoms with Crippen molar-refractivity contribution in [1.29, 1.82) is 0 Å². The average Bonchev–Trinajstić information content (AvgIpc) is 2.85. The number of carboxylic acids is 1. The number of aromatic carboxylic acids is 1. The Bertz CT molecular complexity index is 643. The Hall–Kier alpha value is -2.51. The normalized spacial score (nSPS) is 10.9. The van der Waals surface area contributed by atoms with Crippen LogP contribution in [0, 0.1) is 0 Å². The van der Waals surface area contributed by atoms with Crippen molar-refractivity contribution in [2.75, 3.05) is 6.61 Å². The van der Waals surface area contributed by atoms with Crippen molar-refractivity contribution in [3.63, 3.8) is 0 Å². The molecule has 0 amide bonds. The van der Waals surface area contributed by atoms with E-state index in [1.165, 1.54) is 0 Å². The van der Waals surface area contributed by atoms with E-state index >= 15 is 0 Å². The van der Waals surface area contributed by atoms with Gasteiger partial charge < -0.3 is 9.84 Å². The molecular weight excluding hydrogens is 284 g/mol. The Kier molecular flexibility index (Phi) is 4.46. The number of para-hydroxylation sites is 1. The highest BCUT2D eigenvalue weighted by atomic mass is 19.3. The molecule has 1 aromatic carbocycles. The number of benzene rings is 1. The smallest absolute Gasteiger partial charge is 0.358 e. The van der Waals surface area contributed by atoms with E-state index in [0.717, 1.165) is 4.68 Å². The van der Waals surface area contributed by atoms with E-state index in [-0.39, 0.29) is 6.54 Å². The molecule has 2 rings (SSSR count). The van der Waals surface area contributed by atoms with E-state index in [1.807, 2.05) is 0 Å². The number of hydrogen-bond donors (Lipinski definition) is 1. The fourth-order valence-electron chi connectivity index (χ4n) is 1.90. The summed E-state index contributed by atoms with van der Waals surface area (Å²) in [6, 6.07) is 6.89. The van der Waals surface area contributed by atoms with Crippen LogP contribution in [0.25, 0.3) is 0 Å². The van der Waals surface area contributed by atoms with Crippen LogP contribution >= 0.6 is 0 Å². The molecule has 0 saturated carbocycles. The van der Waals surface area contributed by atoms with Gasteiger partial charge in [-0.1, -0.05) is 23.4 Å². The van der Waals surface area contributed by atoms with Crippen molar-refractivity contribution in [3.05, 3.63) is 41.2 Å². The zero-order valence-corrected chi connectivity index (χ0v) is 11.2. The highest BCUT2D eigenvalue weighted by Crippen LogP contribution is 2.24. The van der Waals surface area contributed by atoms with Gasteiger partial charge in [0, 0.05) is 5.56 Å². The third-order valence-electron chi connectivity index (χ3n) is 2.78. The molecule has 1 heterocycles. The van der Waals surface area contributed by atoms with Crippen LogP contribution in [0.4, 0.5) is 8.78 Å². The number of nitrogens with zero attached hydrogens (tertiary/aromatic N) is 3. The monoisotopic (exact) mass is 297 g/mol. The van der Waals surface area contributed by atoms with Crippen LogP contribution in [0.5, 0.6) is 5.75 Å². The van der Waals surface area contributed by atoms with E-state index < -0.39 is 23.8 Å². The molecule has 112 valence electrons. The minimum Gasteiger partial charge on any atom is -0.494 e. The minimum absolute atomic E-state index is 0.0455. The number of ether oxygens (including phenoxy) is 1. The first-order valence-electron chi connectivity index (χ1n) is 6.20. The van der Waals surface area contributed by atoms with E-state index in [4.69, 9.17) is 9.84 Å². The predicted octanol–water partition coefficient (Wildman–Crippen LogP) is 2.36. The Balaban J connectivity index is 2.38. The van der Waals surface area contributed by atoms with Crippen LogP contribution < -0.4 is 4.74 Å². The summed E-state index contributed by atoms with van der Waals surface area (Å²) in [6.45, 7) is 2.19. The summed E-state index contributed by atoms with van der Waals surface area (Å²) < 4.78 is 32.4. The quantitative estimate of drug-likeness (QED) is 0.885. The van der Waals surface area contributed by atoms with Gasteiger partial charge in [-0.15, -0.1) is 5.10 Å². The van der Waals surface area contributed by atoms with E-state index in [1.54, 1.807) is 31.2 Å². The number of alkyl halides is 2. The molecule has 2 aromatic rings. The van der Waals surface area contributed by atoms with Crippen LogP contribution in [0.3, 0.4) is 0 Å². The van der Waals surface area contributed by atoms with Crippen LogP contribution in [0.1, 0.15) is 35.1 Å². The molecule has 8 heteroatoms. The SMILES string of the molecule is CCOc1ccccc1Cn1nnc(C(=O)O)c1C(F)F. The number of halogens is 2. The lowest BCUT2D eigenvalue weighted by Gasteiger charge is -2.11. The van der Waals surface area contributed by atoms with Gasteiger partial charge in [0.25, 0.3) is 6.43 Å². The summed E-state index contributed by atoms with van der Waals surface area (Å²) in [5.41, 5.74) is -0.837. The topological polar surface area (TPSA) is 77.2 Å². The molecule has 0 aliphatic heterocycles. The molecule has 1 N–H and O–H groups in total. The molecule has 0 unspecified atom stereocenters. The molecule has 0 aliphatic carbocycles. The molecule has 0 saturated heterocycles. The zero-order chi connectivity index (χ0) is 15.4. The number of carboxylic acid groups (broad SMARTS) is 1. The number of carbonyl (C=O) groups is 1. The van der Waals surface area contributed by atoms with Gasteiger partial charge in [0.05, 0.1) is 13.2 Å². The standard InChI is InChI=1S/C13H13F2N3O3/c1-2-21-9-6-4-3-5-8(9)7-18-11(12(14)15)10(13(19)20)16-17-18/h3-6,12H,2,7H2,1H3,(H,19,20). The second kappa shape index (κ2) is 6.29. The lowest BCUT2D eigenvalue weighted by molar-refractivity contribution is 0.0675. The Morgan fingerprint density at radius 2 is 2.14 bits per heavy atom. The molecule has 0 bridgehead atoms. The fraction of sp³-hybridized carbons (Fsp3) is 0.308. The molecule has 1 aromatic heterocycles. The summed E-state index contributed by atoms with van der Waals surface area (Å²) in [5.74, 6) is -0.998. The van der Waals surface area contributed by atoms with Gasteiger partial charge in [-0.2, -0.15) is 0 Å². The van der Waals surface area contributed by atoms with Gasteiger partial charge in [-0.25, -0.2) is 18.3 Å². The largest absolute Gasteiger partial charge is 0.494 e. The lowest BCUT2D eigenvalue weighted by atomic mass is 10.2. The Labute approximate surface area is 119 Å². The first kappa shape index (κ1) is 14.9. The van der Waals surface area contributed by atoms with Crippen LogP contribution in [0.2, 0.25) is 0 Å². The molecule has 0 atom stereocenters. The van der Waals surface area contributed by atoms with Crippen molar-refractivity contribution in [2.24, 2.45) is 0 Å². The molecular formula is C13H13F2N3O3. The van der Waals surface area contributed by atoms with E-state index in [9.17, 15) is 13.6 Å². The maximum Gasteiger partial charge on any atom is 0.358 e. The van der Waals surface area contributed by atoms with Crippen LogP contribution in [-0.2, 0) is 6.54 Å². The number of aromatic nitrogens is 3. The first-order valence-corrected chi connectivity index (χ1v) is 6.20. The van der Waals surface area contributed by atoms with Crippen LogP contribution in [-0.4, -0.2) is 32.7 Å². The first-order chi connectivity index (χ1) is 10.0. The lowest BCUT2D eigenvalue weighted by Crippen LogP contribution is -2.11. The predicted molar refractivity (Wildman–Crippen MR) is 68.7 cm³/mol. The van der Waals surface area contributed by atoms with Crippen molar-refractivity contribution >= 4 is 5.97 Å². The van der Waals surface area contributed by atoms with Gasteiger partial charge in [-0.3, -0.25) is 0 Å². The summed E-state index contributed by atoms with van der Waals surface area (Å²) in [6.07, 6.45) is -2.98. The second-order valence-corrected chi connectivity index (χ2v) is 4.13. The third kappa shape index (κ3) is 3.15. The number of hydrogen-bond acceptors (Lipinski definition) is 4. The summed E-state index contributed by atoms with van der Waals surface area (Å²) in [7, 11) is 0. The minimum atomic E-state index is -2.98. The molecule has 0 radical (unpaired) electrons. The molecule has 0 fully saturated rings. The fourth-order valence-corrected chi connectivity index (χ4v) is 1.90. The maximum absolute atomic E-state index is 13.0. The Morgan fingerprint density at radius 3 is 2.76 bits per heavy atom. The maximum atomic E-state index is 13.0. The van der Waals surface area contributed by atoms with Gasteiger partial charge in [0.2, 0.25) is 0 Å². The highest BCUT2D eigenvalue weighted by Gasteiger charge is 2.26. The van der Waals surface area contributed by atoms with Gasteiger partial charge in [-0.05, 0) is 13.0 Å².